The van der Waals surface area contributed by atoms with Gasteiger partial charge in [-0.1, -0.05) is 0 Å². The predicted octanol–water partition coefficient (Wildman–Crippen LogP) is 2.88. The average molecular weight is 229 g/mol. The van der Waals surface area contributed by atoms with E-state index in [0.717, 1.165) is 5.56 Å². The molecule has 0 fully saturated rings. The zero-order valence-corrected chi connectivity index (χ0v) is 9.25. The number of hydrogen-bond donors (Lipinski definition) is 1. The van der Waals surface area contributed by atoms with E-state index in [2.05, 4.69) is 4.98 Å². The maximum absolute atomic E-state index is 10.8. The molecule has 0 bridgehead atoms. The summed E-state index contributed by atoms with van der Waals surface area (Å²) in [7, 11) is 0. The predicted molar refractivity (Wildman–Crippen MR) is 62.4 cm³/mol. The van der Waals surface area contributed by atoms with E-state index in [9.17, 15) is 4.79 Å². The Morgan fingerprint density at radius 2 is 1.94 bits per heavy atom. The highest BCUT2D eigenvalue weighted by molar-refractivity contribution is 5.88. The molecule has 0 saturated heterocycles. The summed E-state index contributed by atoms with van der Waals surface area (Å²) in [6.07, 6.45) is 3.27. The van der Waals surface area contributed by atoms with E-state index < -0.39 is 5.97 Å². The van der Waals surface area contributed by atoms with Gasteiger partial charge in [0.1, 0.15) is 11.5 Å². The molecule has 0 saturated carbocycles. The van der Waals surface area contributed by atoms with E-state index in [1.807, 2.05) is 6.92 Å². The van der Waals surface area contributed by atoms with E-state index >= 15 is 0 Å². The van der Waals surface area contributed by atoms with Gasteiger partial charge in [-0.05, 0) is 42.8 Å². The molecule has 1 aromatic carbocycles. The van der Waals surface area contributed by atoms with E-state index in [1.165, 1.54) is 6.07 Å². The van der Waals surface area contributed by atoms with Gasteiger partial charge in [-0.15, -0.1) is 0 Å². The van der Waals surface area contributed by atoms with Gasteiger partial charge < -0.3 is 9.84 Å². The number of aromatic nitrogens is 1. The Balaban J connectivity index is 2.26. The van der Waals surface area contributed by atoms with Crippen LogP contribution >= 0.6 is 0 Å². The highest BCUT2D eigenvalue weighted by Gasteiger charge is 2.06. The number of hydrogen-bond acceptors (Lipinski definition) is 3. The molecule has 1 heterocycles. The first-order valence-electron chi connectivity index (χ1n) is 5.08. The Labute approximate surface area is 98.5 Å². The summed E-state index contributed by atoms with van der Waals surface area (Å²) in [6, 6.07) is 8.24. The SMILES string of the molecule is Cc1cc(C(=O)O)ccc1Oc1ccncc1. The largest absolute Gasteiger partial charge is 0.478 e. The second kappa shape index (κ2) is 4.65. The van der Waals surface area contributed by atoms with Crippen molar-refractivity contribution in [3.05, 3.63) is 53.9 Å². The van der Waals surface area contributed by atoms with Crippen molar-refractivity contribution >= 4 is 5.97 Å². The lowest BCUT2D eigenvalue weighted by Crippen LogP contribution is -1.97. The van der Waals surface area contributed by atoms with Gasteiger partial charge in [0.05, 0.1) is 5.56 Å². The number of pyridine rings is 1. The average Bonchev–Trinajstić information content (AvgIpc) is 2.33. The third kappa shape index (κ3) is 2.60. The van der Waals surface area contributed by atoms with E-state index in [4.69, 9.17) is 9.84 Å². The van der Waals surface area contributed by atoms with Crippen molar-refractivity contribution in [1.82, 2.24) is 4.98 Å². The molecule has 4 heteroatoms. The molecule has 86 valence electrons. The number of carbonyl (C=O) groups is 1. The van der Waals surface area contributed by atoms with Crippen molar-refractivity contribution in [1.29, 1.82) is 0 Å². The fraction of sp³-hybridized carbons (Fsp3) is 0.0769. The molecule has 4 nitrogen and oxygen atoms in total. The molecule has 1 N–H and O–H groups in total. The minimum atomic E-state index is -0.941. The molecule has 0 aliphatic carbocycles. The molecular formula is C13H11NO3. The Hall–Kier alpha value is -2.36. The molecule has 0 aliphatic rings. The molecule has 2 aromatic rings. The van der Waals surface area contributed by atoms with Crippen molar-refractivity contribution < 1.29 is 14.6 Å². The monoisotopic (exact) mass is 229 g/mol. The smallest absolute Gasteiger partial charge is 0.335 e. The van der Waals surface area contributed by atoms with Crippen molar-refractivity contribution in [2.45, 2.75) is 6.92 Å². The Bertz CT molecular complexity index is 538. The summed E-state index contributed by atoms with van der Waals surface area (Å²) in [5.74, 6) is 0.371. The third-order valence-electron chi connectivity index (χ3n) is 2.30. The summed E-state index contributed by atoms with van der Waals surface area (Å²) in [5.41, 5.74) is 1.03. The number of carboxylic acids is 1. The van der Waals surface area contributed by atoms with Gasteiger partial charge >= 0.3 is 5.97 Å². The number of aromatic carboxylic acids is 1. The normalized spacial score (nSPS) is 9.94. The Kier molecular flexibility index (Phi) is 3.05. The van der Waals surface area contributed by atoms with Crippen LogP contribution in [-0.2, 0) is 0 Å². The van der Waals surface area contributed by atoms with Crippen LogP contribution in [0.1, 0.15) is 15.9 Å². The molecule has 0 spiro atoms. The lowest BCUT2D eigenvalue weighted by Gasteiger charge is -2.08. The van der Waals surface area contributed by atoms with Gasteiger partial charge in [-0.3, -0.25) is 4.98 Å². The Morgan fingerprint density at radius 3 is 2.53 bits per heavy atom. The summed E-state index contributed by atoms with van der Waals surface area (Å²) in [4.78, 5) is 14.7. The molecule has 1 aromatic heterocycles. The number of benzene rings is 1. The first-order valence-corrected chi connectivity index (χ1v) is 5.08. The van der Waals surface area contributed by atoms with Crippen molar-refractivity contribution in [2.75, 3.05) is 0 Å². The highest BCUT2D eigenvalue weighted by atomic mass is 16.5. The first kappa shape index (κ1) is 11.1. The van der Waals surface area contributed by atoms with Crippen LogP contribution in [0.15, 0.2) is 42.7 Å². The van der Waals surface area contributed by atoms with Gasteiger partial charge in [0, 0.05) is 12.4 Å². The Morgan fingerprint density at radius 1 is 1.24 bits per heavy atom. The molecule has 17 heavy (non-hydrogen) atoms. The highest BCUT2D eigenvalue weighted by Crippen LogP contribution is 2.25. The summed E-state index contributed by atoms with van der Waals surface area (Å²) >= 11 is 0. The number of carboxylic acid groups (broad SMARTS) is 1. The molecular weight excluding hydrogens is 218 g/mol. The minimum Gasteiger partial charge on any atom is -0.478 e. The zero-order valence-electron chi connectivity index (χ0n) is 9.25. The van der Waals surface area contributed by atoms with Gasteiger partial charge in [0.2, 0.25) is 0 Å². The summed E-state index contributed by atoms with van der Waals surface area (Å²) < 4.78 is 5.61. The van der Waals surface area contributed by atoms with Gasteiger partial charge in [0.25, 0.3) is 0 Å². The van der Waals surface area contributed by atoms with Crippen LogP contribution < -0.4 is 4.74 Å². The first-order chi connectivity index (χ1) is 8.16. The van der Waals surface area contributed by atoms with E-state index in [0.29, 0.717) is 11.5 Å². The van der Waals surface area contributed by atoms with Crippen LogP contribution in [0.4, 0.5) is 0 Å². The van der Waals surface area contributed by atoms with Crippen LogP contribution in [0.25, 0.3) is 0 Å². The standard InChI is InChI=1S/C13H11NO3/c1-9-8-10(13(15)16)2-3-12(9)17-11-4-6-14-7-5-11/h2-8H,1H3,(H,15,16). The van der Waals surface area contributed by atoms with Crippen molar-refractivity contribution in [2.24, 2.45) is 0 Å². The van der Waals surface area contributed by atoms with Crippen LogP contribution in [0.2, 0.25) is 0 Å². The number of nitrogens with zero attached hydrogens (tertiary/aromatic N) is 1. The van der Waals surface area contributed by atoms with Gasteiger partial charge in [0.15, 0.2) is 0 Å². The third-order valence-corrected chi connectivity index (χ3v) is 2.30. The number of aryl methyl sites for hydroxylation is 1. The molecule has 0 amide bonds. The molecule has 0 aliphatic heterocycles. The molecule has 2 rings (SSSR count). The van der Waals surface area contributed by atoms with Crippen LogP contribution in [0.5, 0.6) is 11.5 Å². The fourth-order valence-corrected chi connectivity index (χ4v) is 1.43. The van der Waals surface area contributed by atoms with Crippen LogP contribution in [0, 0.1) is 6.92 Å². The van der Waals surface area contributed by atoms with Crippen LogP contribution in [0.3, 0.4) is 0 Å². The maximum atomic E-state index is 10.8. The molecule has 0 unspecified atom stereocenters. The van der Waals surface area contributed by atoms with E-state index in [-0.39, 0.29) is 5.56 Å². The number of rotatable bonds is 3. The lowest BCUT2D eigenvalue weighted by atomic mass is 10.1. The quantitative estimate of drug-likeness (QED) is 0.879. The lowest BCUT2D eigenvalue weighted by molar-refractivity contribution is 0.0697. The number of ether oxygens (including phenoxy) is 1. The van der Waals surface area contributed by atoms with Crippen LogP contribution in [-0.4, -0.2) is 16.1 Å². The second-order valence-corrected chi connectivity index (χ2v) is 3.57. The van der Waals surface area contributed by atoms with Crippen molar-refractivity contribution in [3.8, 4) is 11.5 Å². The topological polar surface area (TPSA) is 59.4 Å². The fourth-order valence-electron chi connectivity index (χ4n) is 1.43. The molecule has 0 radical (unpaired) electrons. The van der Waals surface area contributed by atoms with Gasteiger partial charge in [-0.25, -0.2) is 4.79 Å². The maximum Gasteiger partial charge on any atom is 0.335 e. The zero-order chi connectivity index (χ0) is 12.3. The van der Waals surface area contributed by atoms with E-state index in [1.54, 1.807) is 36.7 Å². The van der Waals surface area contributed by atoms with Gasteiger partial charge in [-0.2, -0.15) is 0 Å². The minimum absolute atomic E-state index is 0.254. The summed E-state index contributed by atoms with van der Waals surface area (Å²) in [5, 5.41) is 8.84. The second-order valence-electron chi connectivity index (χ2n) is 3.57. The molecule has 0 atom stereocenters. The summed E-state index contributed by atoms with van der Waals surface area (Å²) in [6.45, 7) is 1.81. The van der Waals surface area contributed by atoms with Crippen molar-refractivity contribution in [3.63, 3.8) is 0 Å².